The van der Waals surface area contributed by atoms with Crippen LogP contribution in [0.2, 0.25) is 0 Å². The van der Waals surface area contributed by atoms with E-state index in [-0.39, 0.29) is 5.56 Å². The molecule has 0 saturated heterocycles. The maximum atomic E-state index is 12.8. The van der Waals surface area contributed by atoms with E-state index in [2.05, 4.69) is 4.98 Å². The van der Waals surface area contributed by atoms with Gasteiger partial charge in [0.25, 0.3) is 5.56 Å². The Morgan fingerprint density at radius 3 is 3.14 bits per heavy atom. The minimum atomic E-state index is 0.0318. The summed E-state index contributed by atoms with van der Waals surface area (Å²) in [5.41, 5.74) is 1.53. The summed E-state index contributed by atoms with van der Waals surface area (Å²) >= 11 is 1.65. The second kappa shape index (κ2) is 5.00. The molecule has 5 heteroatoms. The predicted octanol–water partition coefficient (Wildman–Crippen LogP) is 2.83. The fourth-order valence-corrected chi connectivity index (χ4v) is 3.51. The monoisotopic (exact) mass is 298 g/mol. The van der Waals surface area contributed by atoms with Gasteiger partial charge in [-0.1, -0.05) is 6.07 Å². The van der Waals surface area contributed by atoms with Crippen molar-refractivity contribution < 1.29 is 4.74 Å². The van der Waals surface area contributed by atoms with E-state index < -0.39 is 0 Å². The van der Waals surface area contributed by atoms with Gasteiger partial charge in [-0.05, 0) is 36.4 Å². The smallest absolute Gasteiger partial charge is 0.259 e. The Balaban J connectivity index is 2.01. The summed E-state index contributed by atoms with van der Waals surface area (Å²) in [4.78, 5) is 18.4. The fraction of sp³-hybridized carbons (Fsp3) is 0.250. The Kier molecular flexibility index (Phi) is 3.00. The molecule has 3 aromatic rings. The molecule has 0 spiro atoms. The Labute approximate surface area is 125 Å². The van der Waals surface area contributed by atoms with Crippen molar-refractivity contribution in [1.82, 2.24) is 9.55 Å². The molecule has 0 unspecified atom stereocenters. The predicted molar refractivity (Wildman–Crippen MR) is 83.2 cm³/mol. The van der Waals surface area contributed by atoms with Crippen molar-refractivity contribution in [2.24, 2.45) is 0 Å². The highest BCUT2D eigenvalue weighted by atomic mass is 32.1. The van der Waals surface area contributed by atoms with Crippen molar-refractivity contribution in [1.29, 1.82) is 0 Å². The van der Waals surface area contributed by atoms with E-state index in [1.165, 1.54) is 0 Å². The third-order valence-corrected chi connectivity index (χ3v) is 4.64. The first-order valence-corrected chi connectivity index (χ1v) is 7.88. The molecular weight excluding hydrogens is 284 g/mol. The van der Waals surface area contributed by atoms with Gasteiger partial charge in [0, 0.05) is 11.1 Å². The molecule has 0 fully saturated rings. The normalized spacial score (nSPS) is 13.9. The number of hydrogen-bond acceptors (Lipinski definition) is 4. The minimum absolute atomic E-state index is 0.0318. The molecule has 0 N–H and O–H groups in total. The fourth-order valence-electron chi connectivity index (χ4n) is 2.82. The van der Waals surface area contributed by atoms with Crippen LogP contribution in [0.1, 0.15) is 16.9 Å². The van der Waals surface area contributed by atoms with E-state index in [1.807, 2.05) is 29.6 Å². The van der Waals surface area contributed by atoms with Crippen molar-refractivity contribution in [2.75, 3.05) is 6.61 Å². The summed E-state index contributed by atoms with van der Waals surface area (Å²) in [6.45, 7) is 1.24. The summed E-state index contributed by atoms with van der Waals surface area (Å²) in [6, 6.07) is 7.92. The molecular formula is C16H14N2O2S. The Hall–Kier alpha value is -2.14. The number of nitrogens with zero attached hydrogens (tertiary/aromatic N) is 2. The van der Waals surface area contributed by atoms with Crippen LogP contribution in [-0.2, 0) is 13.0 Å². The van der Waals surface area contributed by atoms with E-state index in [1.54, 1.807) is 22.1 Å². The van der Waals surface area contributed by atoms with Gasteiger partial charge in [0.2, 0.25) is 0 Å². The van der Waals surface area contributed by atoms with E-state index in [9.17, 15) is 4.79 Å². The first kappa shape index (κ1) is 12.6. The molecule has 0 aliphatic carbocycles. The van der Waals surface area contributed by atoms with Crippen LogP contribution in [0.25, 0.3) is 11.0 Å². The van der Waals surface area contributed by atoms with Crippen LogP contribution in [0, 0.1) is 0 Å². The van der Waals surface area contributed by atoms with Gasteiger partial charge in [0.05, 0.1) is 24.1 Å². The summed E-state index contributed by atoms with van der Waals surface area (Å²) < 4.78 is 7.53. The van der Waals surface area contributed by atoms with Gasteiger partial charge in [-0.25, -0.2) is 4.98 Å². The zero-order chi connectivity index (χ0) is 14.2. The molecule has 106 valence electrons. The molecule has 0 radical (unpaired) electrons. The standard InChI is InChI=1S/C16H14N2O2S/c19-16-13-6-2-8-20-14(13)12-5-1-7-17-15(12)18(16)10-11-4-3-9-21-11/h1,3-5,7,9H,2,6,8,10H2. The molecule has 4 heterocycles. The largest absolute Gasteiger partial charge is 0.492 e. The second-order valence-corrected chi connectivity index (χ2v) is 6.14. The van der Waals surface area contributed by atoms with Crippen molar-refractivity contribution in [3.8, 4) is 5.75 Å². The molecule has 1 aliphatic heterocycles. The Bertz CT molecular complexity index is 853. The Morgan fingerprint density at radius 2 is 2.29 bits per heavy atom. The number of rotatable bonds is 2. The molecule has 4 rings (SSSR count). The van der Waals surface area contributed by atoms with Crippen LogP contribution < -0.4 is 10.3 Å². The van der Waals surface area contributed by atoms with Gasteiger partial charge in [-0.3, -0.25) is 9.36 Å². The van der Waals surface area contributed by atoms with E-state index in [0.717, 1.165) is 34.4 Å². The quantitative estimate of drug-likeness (QED) is 0.731. The highest BCUT2D eigenvalue weighted by Crippen LogP contribution is 2.30. The lowest BCUT2D eigenvalue weighted by Crippen LogP contribution is -2.28. The summed E-state index contributed by atoms with van der Waals surface area (Å²) in [6.07, 6.45) is 3.40. The number of pyridine rings is 2. The van der Waals surface area contributed by atoms with Gasteiger partial charge in [-0.2, -0.15) is 0 Å². The zero-order valence-corrected chi connectivity index (χ0v) is 12.2. The first-order valence-electron chi connectivity index (χ1n) is 7.00. The zero-order valence-electron chi connectivity index (χ0n) is 11.4. The van der Waals surface area contributed by atoms with Gasteiger partial charge >= 0.3 is 0 Å². The van der Waals surface area contributed by atoms with Crippen molar-refractivity contribution in [3.63, 3.8) is 0 Å². The van der Waals surface area contributed by atoms with Crippen molar-refractivity contribution >= 4 is 22.4 Å². The summed E-state index contributed by atoms with van der Waals surface area (Å²) in [5.74, 6) is 0.733. The van der Waals surface area contributed by atoms with Crippen LogP contribution in [0.5, 0.6) is 5.75 Å². The highest BCUT2D eigenvalue weighted by molar-refractivity contribution is 7.09. The molecule has 3 aromatic heterocycles. The maximum Gasteiger partial charge on any atom is 0.259 e. The molecule has 0 amide bonds. The lowest BCUT2D eigenvalue weighted by Gasteiger charge is -2.20. The van der Waals surface area contributed by atoms with Gasteiger partial charge in [0.15, 0.2) is 0 Å². The number of hydrogen-bond donors (Lipinski definition) is 0. The molecule has 0 bridgehead atoms. The topological polar surface area (TPSA) is 44.1 Å². The third-order valence-electron chi connectivity index (χ3n) is 3.78. The van der Waals surface area contributed by atoms with Crippen molar-refractivity contribution in [2.45, 2.75) is 19.4 Å². The SMILES string of the molecule is O=c1c2c(c3cccnc3n1Cc1cccs1)OCCC2. The molecule has 1 aliphatic rings. The lowest BCUT2D eigenvalue weighted by atomic mass is 10.1. The van der Waals surface area contributed by atoms with Gasteiger partial charge in [-0.15, -0.1) is 11.3 Å². The molecule has 4 nitrogen and oxygen atoms in total. The van der Waals surface area contributed by atoms with Gasteiger partial charge < -0.3 is 4.74 Å². The highest BCUT2D eigenvalue weighted by Gasteiger charge is 2.21. The number of thiophene rings is 1. The average Bonchev–Trinajstić information content (AvgIpc) is 3.04. The van der Waals surface area contributed by atoms with E-state index in [4.69, 9.17) is 4.74 Å². The molecule has 0 aromatic carbocycles. The van der Waals surface area contributed by atoms with Crippen LogP contribution in [0.15, 0.2) is 40.6 Å². The molecule has 21 heavy (non-hydrogen) atoms. The number of fused-ring (bicyclic) bond motifs is 3. The number of ether oxygens (including phenoxy) is 1. The maximum absolute atomic E-state index is 12.8. The van der Waals surface area contributed by atoms with E-state index >= 15 is 0 Å². The molecule has 0 atom stereocenters. The van der Waals surface area contributed by atoms with Crippen LogP contribution in [0.4, 0.5) is 0 Å². The third kappa shape index (κ3) is 2.05. The van der Waals surface area contributed by atoms with Gasteiger partial charge in [0.1, 0.15) is 11.4 Å². The minimum Gasteiger partial charge on any atom is -0.492 e. The van der Waals surface area contributed by atoms with Crippen LogP contribution in [-0.4, -0.2) is 16.2 Å². The average molecular weight is 298 g/mol. The summed E-state index contributed by atoms with van der Waals surface area (Å²) in [5, 5.41) is 2.96. The molecule has 0 saturated carbocycles. The van der Waals surface area contributed by atoms with Crippen LogP contribution in [0.3, 0.4) is 0 Å². The van der Waals surface area contributed by atoms with E-state index in [0.29, 0.717) is 18.8 Å². The van der Waals surface area contributed by atoms with Crippen LogP contribution >= 0.6 is 11.3 Å². The second-order valence-electron chi connectivity index (χ2n) is 5.10. The first-order chi connectivity index (χ1) is 10.3. The van der Waals surface area contributed by atoms with Crippen molar-refractivity contribution in [3.05, 3.63) is 56.6 Å². The lowest BCUT2D eigenvalue weighted by molar-refractivity contribution is 0.290. The summed E-state index contributed by atoms with van der Waals surface area (Å²) in [7, 11) is 0. The Morgan fingerprint density at radius 1 is 1.33 bits per heavy atom. The number of aromatic nitrogens is 2.